The number of nitrogens with one attached hydrogen (secondary N) is 1. The highest BCUT2D eigenvalue weighted by atomic mass is 16.5. The third-order valence-corrected chi connectivity index (χ3v) is 4.66. The minimum Gasteiger partial charge on any atom is -0.493 e. The van der Waals surface area contributed by atoms with E-state index in [-0.39, 0.29) is 24.5 Å². The number of benzene rings is 2. The number of amides is 2. The second-order valence-corrected chi connectivity index (χ2v) is 6.74. The van der Waals surface area contributed by atoms with Crippen molar-refractivity contribution in [3.05, 3.63) is 60.7 Å². The lowest BCUT2D eigenvalue weighted by molar-refractivity contribution is -0.134. The topological polar surface area (TPSA) is 67.9 Å². The number of nitrogens with zero attached hydrogens (tertiary/aromatic N) is 1. The number of para-hydroxylation sites is 2. The number of ether oxygens (including phenoxy) is 2. The molecule has 148 valence electrons. The smallest absolute Gasteiger partial charge is 0.260 e. The van der Waals surface area contributed by atoms with Gasteiger partial charge in [-0.25, -0.2) is 0 Å². The van der Waals surface area contributed by atoms with Gasteiger partial charge in [0.15, 0.2) is 6.61 Å². The molecule has 0 aliphatic carbocycles. The van der Waals surface area contributed by atoms with Crippen LogP contribution in [0.2, 0.25) is 0 Å². The van der Waals surface area contributed by atoms with E-state index < -0.39 is 0 Å². The fourth-order valence-electron chi connectivity index (χ4n) is 3.10. The van der Waals surface area contributed by atoms with E-state index in [1.165, 1.54) is 0 Å². The number of likely N-dealkylation sites (tertiary alicyclic amines) is 1. The number of hydrogen-bond acceptors (Lipinski definition) is 4. The molecular formula is C22H26N2O4. The van der Waals surface area contributed by atoms with Gasteiger partial charge in [0.2, 0.25) is 5.91 Å². The zero-order valence-electron chi connectivity index (χ0n) is 15.9. The summed E-state index contributed by atoms with van der Waals surface area (Å²) >= 11 is 0. The van der Waals surface area contributed by atoms with Crippen molar-refractivity contribution < 1.29 is 19.1 Å². The zero-order chi connectivity index (χ0) is 19.6. The molecule has 1 saturated heterocycles. The van der Waals surface area contributed by atoms with Crippen LogP contribution in [0.15, 0.2) is 60.7 Å². The monoisotopic (exact) mass is 382 g/mol. The van der Waals surface area contributed by atoms with Crippen molar-refractivity contribution in [2.75, 3.05) is 26.3 Å². The van der Waals surface area contributed by atoms with Gasteiger partial charge in [-0.3, -0.25) is 9.59 Å². The first-order chi connectivity index (χ1) is 13.7. The van der Waals surface area contributed by atoms with Gasteiger partial charge in [0.1, 0.15) is 11.5 Å². The Balaban J connectivity index is 1.31. The van der Waals surface area contributed by atoms with Gasteiger partial charge < -0.3 is 19.7 Å². The van der Waals surface area contributed by atoms with Crippen molar-refractivity contribution >= 4 is 11.8 Å². The summed E-state index contributed by atoms with van der Waals surface area (Å²) < 4.78 is 11.1. The number of rotatable bonds is 8. The first-order valence-electron chi connectivity index (χ1n) is 9.63. The molecule has 0 radical (unpaired) electrons. The Labute approximate surface area is 165 Å². The van der Waals surface area contributed by atoms with E-state index in [0.29, 0.717) is 31.9 Å². The summed E-state index contributed by atoms with van der Waals surface area (Å²) in [7, 11) is 0. The Kier molecular flexibility index (Phi) is 7.29. The predicted molar refractivity (Wildman–Crippen MR) is 106 cm³/mol. The maximum absolute atomic E-state index is 12.3. The number of piperidine rings is 1. The summed E-state index contributed by atoms with van der Waals surface area (Å²) in [6.07, 6.45) is 1.82. The maximum atomic E-state index is 12.3. The number of carbonyl (C=O) groups is 2. The normalized spacial score (nSPS) is 14.4. The molecule has 1 aliphatic heterocycles. The van der Waals surface area contributed by atoms with E-state index in [0.717, 1.165) is 18.6 Å². The number of carbonyl (C=O) groups excluding carboxylic acids is 2. The van der Waals surface area contributed by atoms with Crippen LogP contribution < -0.4 is 14.8 Å². The summed E-state index contributed by atoms with van der Waals surface area (Å²) in [4.78, 5) is 26.2. The molecule has 1 heterocycles. The predicted octanol–water partition coefficient (Wildman–Crippen LogP) is 2.64. The summed E-state index contributed by atoms with van der Waals surface area (Å²) in [5.74, 6) is 1.41. The third-order valence-electron chi connectivity index (χ3n) is 4.66. The van der Waals surface area contributed by atoms with Gasteiger partial charge in [0.05, 0.1) is 13.0 Å². The van der Waals surface area contributed by atoms with Gasteiger partial charge >= 0.3 is 0 Å². The van der Waals surface area contributed by atoms with E-state index >= 15 is 0 Å². The fraction of sp³-hybridized carbons (Fsp3) is 0.364. The summed E-state index contributed by atoms with van der Waals surface area (Å²) in [6, 6.07) is 18.9. The Morgan fingerprint density at radius 3 is 2.07 bits per heavy atom. The van der Waals surface area contributed by atoms with Crippen molar-refractivity contribution in [2.24, 2.45) is 0 Å². The molecule has 3 rings (SSSR count). The largest absolute Gasteiger partial charge is 0.493 e. The quantitative estimate of drug-likeness (QED) is 0.762. The van der Waals surface area contributed by atoms with Crippen LogP contribution in [-0.4, -0.2) is 49.1 Å². The molecule has 2 amide bonds. The van der Waals surface area contributed by atoms with E-state index in [2.05, 4.69) is 5.32 Å². The van der Waals surface area contributed by atoms with Crippen LogP contribution in [0.25, 0.3) is 0 Å². The van der Waals surface area contributed by atoms with Crippen LogP contribution in [0, 0.1) is 0 Å². The van der Waals surface area contributed by atoms with Crippen molar-refractivity contribution in [1.82, 2.24) is 10.2 Å². The van der Waals surface area contributed by atoms with Crippen molar-refractivity contribution in [3.63, 3.8) is 0 Å². The van der Waals surface area contributed by atoms with E-state index in [9.17, 15) is 9.59 Å². The molecule has 28 heavy (non-hydrogen) atoms. The average molecular weight is 382 g/mol. The van der Waals surface area contributed by atoms with E-state index in [4.69, 9.17) is 9.47 Å². The molecule has 6 nitrogen and oxygen atoms in total. The SMILES string of the molecule is O=C(CCOc1ccccc1)NC1CCN(C(=O)COc2ccccc2)CC1. The molecule has 0 bridgehead atoms. The van der Waals surface area contributed by atoms with Crippen molar-refractivity contribution in [2.45, 2.75) is 25.3 Å². The Morgan fingerprint density at radius 2 is 1.46 bits per heavy atom. The summed E-state index contributed by atoms with van der Waals surface area (Å²) in [6.45, 7) is 1.65. The van der Waals surface area contributed by atoms with Crippen LogP contribution in [0.3, 0.4) is 0 Å². The van der Waals surface area contributed by atoms with Crippen LogP contribution >= 0.6 is 0 Å². The highest BCUT2D eigenvalue weighted by molar-refractivity contribution is 5.78. The molecule has 1 aliphatic rings. The molecule has 2 aromatic rings. The van der Waals surface area contributed by atoms with Crippen molar-refractivity contribution in [1.29, 1.82) is 0 Å². The fourth-order valence-corrected chi connectivity index (χ4v) is 3.10. The number of hydrogen-bond donors (Lipinski definition) is 1. The Morgan fingerprint density at radius 1 is 0.893 bits per heavy atom. The Bertz CT molecular complexity index is 744. The highest BCUT2D eigenvalue weighted by Gasteiger charge is 2.24. The zero-order valence-corrected chi connectivity index (χ0v) is 15.9. The lowest BCUT2D eigenvalue weighted by Gasteiger charge is -2.32. The molecule has 0 atom stereocenters. The molecule has 1 fully saturated rings. The second-order valence-electron chi connectivity index (χ2n) is 6.74. The molecule has 0 aromatic heterocycles. The first kappa shape index (κ1) is 19.7. The molecular weight excluding hydrogens is 356 g/mol. The minimum atomic E-state index is -0.0232. The van der Waals surface area contributed by atoms with Gasteiger partial charge in [0.25, 0.3) is 5.91 Å². The second kappa shape index (κ2) is 10.3. The molecule has 0 saturated carbocycles. The van der Waals surface area contributed by atoms with Crippen molar-refractivity contribution in [3.8, 4) is 11.5 Å². The van der Waals surface area contributed by atoms with Gasteiger partial charge in [0, 0.05) is 19.1 Å². The highest BCUT2D eigenvalue weighted by Crippen LogP contribution is 2.13. The molecule has 6 heteroatoms. The van der Waals surface area contributed by atoms with Gasteiger partial charge in [-0.2, -0.15) is 0 Å². The van der Waals surface area contributed by atoms with Crippen LogP contribution in [0.5, 0.6) is 11.5 Å². The lowest BCUT2D eigenvalue weighted by Crippen LogP contribution is -2.47. The summed E-state index contributed by atoms with van der Waals surface area (Å²) in [5, 5.41) is 3.03. The van der Waals surface area contributed by atoms with Crippen LogP contribution in [0.1, 0.15) is 19.3 Å². The van der Waals surface area contributed by atoms with E-state index in [1.54, 1.807) is 4.90 Å². The molecule has 1 N–H and O–H groups in total. The van der Waals surface area contributed by atoms with Gasteiger partial charge in [-0.05, 0) is 37.1 Å². The molecule has 2 aromatic carbocycles. The van der Waals surface area contributed by atoms with Gasteiger partial charge in [-0.15, -0.1) is 0 Å². The molecule has 0 spiro atoms. The minimum absolute atomic E-state index is 0.0203. The van der Waals surface area contributed by atoms with Crippen LogP contribution in [-0.2, 0) is 9.59 Å². The first-order valence-corrected chi connectivity index (χ1v) is 9.63. The average Bonchev–Trinajstić information content (AvgIpc) is 2.74. The van der Waals surface area contributed by atoms with Gasteiger partial charge in [-0.1, -0.05) is 36.4 Å². The van der Waals surface area contributed by atoms with Crippen LogP contribution in [0.4, 0.5) is 0 Å². The molecule has 0 unspecified atom stereocenters. The lowest BCUT2D eigenvalue weighted by atomic mass is 10.0. The Hall–Kier alpha value is -3.02. The summed E-state index contributed by atoms with van der Waals surface area (Å²) in [5.41, 5.74) is 0. The third kappa shape index (κ3) is 6.30. The maximum Gasteiger partial charge on any atom is 0.260 e. The van der Waals surface area contributed by atoms with E-state index in [1.807, 2.05) is 60.7 Å². The standard InChI is InChI=1S/C22H26N2O4/c25-21(13-16-27-19-7-3-1-4-8-19)23-18-11-14-24(15-12-18)22(26)17-28-20-9-5-2-6-10-20/h1-10,18H,11-17H2,(H,23,25).